The van der Waals surface area contributed by atoms with Crippen molar-refractivity contribution < 1.29 is 14.6 Å². The lowest BCUT2D eigenvalue weighted by atomic mass is 10.2. The topological polar surface area (TPSA) is 70.6 Å². The third-order valence-corrected chi connectivity index (χ3v) is 3.19. The third-order valence-electron chi connectivity index (χ3n) is 3.19. The molecule has 1 aliphatic rings. The van der Waals surface area contributed by atoms with Crippen molar-refractivity contribution in [1.82, 2.24) is 10.6 Å². The fraction of sp³-hybridized carbons (Fsp3) is 0.500. The largest absolute Gasteiger partial charge is 0.491 e. The van der Waals surface area contributed by atoms with Crippen LogP contribution in [0, 0.1) is 5.92 Å². The summed E-state index contributed by atoms with van der Waals surface area (Å²) in [5.41, 5.74) is 0.898. The van der Waals surface area contributed by atoms with E-state index in [9.17, 15) is 4.79 Å². The van der Waals surface area contributed by atoms with E-state index in [1.165, 1.54) is 0 Å². The van der Waals surface area contributed by atoms with Gasteiger partial charge in [0.2, 0.25) is 0 Å². The number of rotatable bonds is 6. The normalized spacial score (nSPS) is 20.7. The van der Waals surface area contributed by atoms with E-state index in [2.05, 4.69) is 17.6 Å². The van der Waals surface area contributed by atoms with Gasteiger partial charge in [0, 0.05) is 18.2 Å². The van der Waals surface area contributed by atoms with Gasteiger partial charge in [0.25, 0.3) is 0 Å². The second kappa shape index (κ2) is 6.43. The van der Waals surface area contributed by atoms with E-state index >= 15 is 0 Å². The van der Waals surface area contributed by atoms with Crippen LogP contribution in [-0.2, 0) is 6.54 Å². The summed E-state index contributed by atoms with van der Waals surface area (Å²) in [5, 5.41) is 14.5. The van der Waals surface area contributed by atoms with Crippen molar-refractivity contribution in [3.05, 3.63) is 29.8 Å². The average molecular weight is 264 g/mol. The first-order valence-corrected chi connectivity index (χ1v) is 6.56. The molecule has 1 aliphatic carbocycles. The molecule has 2 amide bonds. The van der Waals surface area contributed by atoms with Crippen LogP contribution in [0.25, 0.3) is 0 Å². The molecule has 5 nitrogen and oxygen atoms in total. The molecular weight excluding hydrogens is 244 g/mol. The number of hydrogen-bond donors (Lipinski definition) is 3. The van der Waals surface area contributed by atoms with E-state index in [-0.39, 0.29) is 19.2 Å². The molecule has 1 aromatic carbocycles. The molecule has 2 rings (SSSR count). The Morgan fingerprint density at radius 2 is 2.21 bits per heavy atom. The summed E-state index contributed by atoms with van der Waals surface area (Å²) in [6, 6.07) is 7.65. The van der Waals surface area contributed by atoms with Gasteiger partial charge in [-0.25, -0.2) is 4.79 Å². The van der Waals surface area contributed by atoms with Gasteiger partial charge in [-0.15, -0.1) is 0 Å². The molecule has 2 atom stereocenters. The Morgan fingerprint density at radius 3 is 2.89 bits per heavy atom. The summed E-state index contributed by atoms with van der Waals surface area (Å²) in [4.78, 5) is 11.6. The minimum atomic E-state index is -0.147. The van der Waals surface area contributed by atoms with Crippen LogP contribution >= 0.6 is 0 Å². The van der Waals surface area contributed by atoms with Gasteiger partial charge in [0.15, 0.2) is 0 Å². The predicted molar refractivity (Wildman–Crippen MR) is 72.0 cm³/mol. The van der Waals surface area contributed by atoms with Crippen LogP contribution in [0.4, 0.5) is 4.79 Å². The molecule has 0 saturated heterocycles. The van der Waals surface area contributed by atoms with Crippen molar-refractivity contribution in [2.45, 2.75) is 25.9 Å². The Balaban J connectivity index is 1.82. The Morgan fingerprint density at radius 1 is 1.47 bits per heavy atom. The zero-order chi connectivity index (χ0) is 13.7. The minimum Gasteiger partial charge on any atom is -0.491 e. The van der Waals surface area contributed by atoms with Crippen molar-refractivity contribution in [3.8, 4) is 5.75 Å². The molecule has 0 unspecified atom stereocenters. The summed E-state index contributed by atoms with van der Waals surface area (Å²) in [7, 11) is 0. The predicted octanol–water partition coefficient (Wildman–Crippen LogP) is 1.27. The van der Waals surface area contributed by atoms with Crippen molar-refractivity contribution >= 4 is 6.03 Å². The van der Waals surface area contributed by atoms with E-state index < -0.39 is 0 Å². The molecule has 1 saturated carbocycles. The molecule has 0 radical (unpaired) electrons. The van der Waals surface area contributed by atoms with Gasteiger partial charge in [-0.1, -0.05) is 25.1 Å². The quantitative estimate of drug-likeness (QED) is 0.724. The fourth-order valence-corrected chi connectivity index (χ4v) is 1.86. The number of aliphatic hydroxyl groups is 1. The number of carbonyl (C=O) groups is 1. The van der Waals surface area contributed by atoms with Gasteiger partial charge in [-0.05, 0) is 18.4 Å². The first-order valence-electron chi connectivity index (χ1n) is 6.56. The van der Waals surface area contributed by atoms with Crippen LogP contribution in [0.1, 0.15) is 18.9 Å². The van der Waals surface area contributed by atoms with Crippen molar-refractivity contribution in [2.75, 3.05) is 13.2 Å². The number of ether oxygens (including phenoxy) is 1. The first-order chi connectivity index (χ1) is 9.20. The third kappa shape index (κ3) is 4.13. The zero-order valence-corrected chi connectivity index (χ0v) is 11.1. The van der Waals surface area contributed by atoms with Crippen LogP contribution in [0.5, 0.6) is 5.75 Å². The molecule has 1 aromatic rings. The van der Waals surface area contributed by atoms with E-state index in [1.807, 2.05) is 24.3 Å². The molecule has 19 heavy (non-hydrogen) atoms. The SMILES string of the molecule is C[C@@H]1C[C@H]1NC(=O)NCc1ccccc1OCCO. The molecule has 5 heteroatoms. The van der Waals surface area contributed by atoms with Gasteiger partial charge in [-0.2, -0.15) is 0 Å². The standard InChI is InChI=1S/C14H20N2O3/c1-10-8-12(10)16-14(18)15-9-11-4-2-3-5-13(11)19-7-6-17/h2-5,10,12,17H,6-9H2,1H3,(H2,15,16,18)/t10-,12-/m1/s1. The summed E-state index contributed by atoms with van der Waals surface area (Å²) in [6.45, 7) is 2.75. The van der Waals surface area contributed by atoms with Crippen molar-refractivity contribution in [3.63, 3.8) is 0 Å². The lowest BCUT2D eigenvalue weighted by Gasteiger charge is -2.12. The number of benzene rings is 1. The second-order valence-electron chi connectivity index (χ2n) is 4.83. The average Bonchev–Trinajstić information content (AvgIpc) is 3.10. The van der Waals surface area contributed by atoms with E-state index in [0.717, 1.165) is 12.0 Å². The maximum Gasteiger partial charge on any atom is 0.315 e. The number of para-hydroxylation sites is 1. The Hall–Kier alpha value is -1.75. The molecule has 0 heterocycles. The second-order valence-corrected chi connectivity index (χ2v) is 4.83. The van der Waals surface area contributed by atoms with Gasteiger partial charge < -0.3 is 20.5 Å². The molecule has 0 aromatic heterocycles. The number of urea groups is 1. The maximum absolute atomic E-state index is 11.6. The van der Waals surface area contributed by atoms with E-state index in [4.69, 9.17) is 9.84 Å². The molecular formula is C14H20N2O3. The smallest absolute Gasteiger partial charge is 0.315 e. The number of nitrogens with one attached hydrogen (secondary N) is 2. The molecule has 0 spiro atoms. The first kappa shape index (κ1) is 13.7. The van der Waals surface area contributed by atoms with Crippen LogP contribution in [0.15, 0.2) is 24.3 Å². The molecule has 0 bridgehead atoms. The number of aliphatic hydroxyl groups excluding tert-OH is 1. The lowest BCUT2D eigenvalue weighted by Crippen LogP contribution is -2.37. The van der Waals surface area contributed by atoms with Gasteiger partial charge in [0.1, 0.15) is 12.4 Å². The highest BCUT2D eigenvalue weighted by molar-refractivity contribution is 5.74. The Bertz CT molecular complexity index is 436. The number of hydrogen-bond acceptors (Lipinski definition) is 3. The van der Waals surface area contributed by atoms with Crippen LogP contribution in [-0.4, -0.2) is 30.4 Å². The van der Waals surface area contributed by atoms with E-state index in [0.29, 0.717) is 24.3 Å². The minimum absolute atomic E-state index is 0.0260. The summed E-state index contributed by atoms with van der Waals surface area (Å²) in [5.74, 6) is 1.28. The number of amides is 2. The highest BCUT2D eigenvalue weighted by atomic mass is 16.5. The summed E-state index contributed by atoms with van der Waals surface area (Å²) < 4.78 is 5.41. The monoisotopic (exact) mass is 264 g/mol. The molecule has 3 N–H and O–H groups in total. The van der Waals surface area contributed by atoms with Gasteiger partial charge in [0.05, 0.1) is 6.61 Å². The van der Waals surface area contributed by atoms with Gasteiger partial charge in [-0.3, -0.25) is 0 Å². The van der Waals surface area contributed by atoms with Crippen LogP contribution in [0.3, 0.4) is 0 Å². The number of carbonyl (C=O) groups excluding carboxylic acids is 1. The summed E-state index contributed by atoms with van der Waals surface area (Å²) >= 11 is 0. The molecule has 1 fully saturated rings. The zero-order valence-electron chi connectivity index (χ0n) is 11.1. The Labute approximate surface area is 113 Å². The van der Waals surface area contributed by atoms with Gasteiger partial charge >= 0.3 is 6.03 Å². The van der Waals surface area contributed by atoms with Crippen molar-refractivity contribution in [2.24, 2.45) is 5.92 Å². The maximum atomic E-state index is 11.6. The fourth-order valence-electron chi connectivity index (χ4n) is 1.86. The van der Waals surface area contributed by atoms with E-state index in [1.54, 1.807) is 0 Å². The van der Waals surface area contributed by atoms with Crippen molar-refractivity contribution in [1.29, 1.82) is 0 Å². The van der Waals surface area contributed by atoms with Crippen LogP contribution in [0.2, 0.25) is 0 Å². The highest BCUT2D eigenvalue weighted by Gasteiger charge is 2.33. The van der Waals surface area contributed by atoms with Crippen LogP contribution < -0.4 is 15.4 Å². The molecule has 0 aliphatic heterocycles. The molecule has 104 valence electrons. The Kier molecular flexibility index (Phi) is 4.63. The lowest BCUT2D eigenvalue weighted by molar-refractivity contribution is 0.200. The highest BCUT2D eigenvalue weighted by Crippen LogP contribution is 2.28. The summed E-state index contributed by atoms with van der Waals surface area (Å²) in [6.07, 6.45) is 1.06.